The van der Waals surface area contributed by atoms with Crippen LogP contribution in [0.2, 0.25) is 5.02 Å². The number of carbonyl (C=O) groups excluding carboxylic acids is 1. The van der Waals surface area contributed by atoms with Crippen LogP contribution in [0.15, 0.2) is 48.5 Å². The lowest BCUT2D eigenvalue weighted by Gasteiger charge is -2.30. The van der Waals surface area contributed by atoms with Gasteiger partial charge in [-0.25, -0.2) is 4.98 Å². The van der Waals surface area contributed by atoms with E-state index in [2.05, 4.69) is 16.0 Å². The third kappa shape index (κ3) is 3.60. The minimum absolute atomic E-state index is 0.152. The normalized spacial score (nSPS) is 16.4. The van der Waals surface area contributed by atoms with Gasteiger partial charge in [0, 0.05) is 16.5 Å². The lowest BCUT2D eigenvalue weighted by Crippen LogP contribution is -2.37. The Morgan fingerprint density at radius 1 is 1.12 bits per heavy atom. The fourth-order valence-electron chi connectivity index (χ4n) is 3.46. The van der Waals surface area contributed by atoms with Crippen molar-refractivity contribution in [3.63, 3.8) is 0 Å². The Labute approximate surface area is 151 Å². The molecule has 0 spiro atoms. The molecule has 1 aliphatic heterocycles. The molecule has 0 unspecified atom stereocenters. The first kappa shape index (κ1) is 16.3. The molecule has 0 radical (unpaired) electrons. The first-order valence-electron chi connectivity index (χ1n) is 8.65. The number of aromatic amines is 1. The van der Waals surface area contributed by atoms with Gasteiger partial charge >= 0.3 is 0 Å². The van der Waals surface area contributed by atoms with Crippen LogP contribution in [0.4, 0.5) is 0 Å². The van der Waals surface area contributed by atoms with Gasteiger partial charge in [0.25, 0.3) is 0 Å². The van der Waals surface area contributed by atoms with Gasteiger partial charge in [0.1, 0.15) is 5.82 Å². The van der Waals surface area contributed by atoms with Gasteiger partial charge in [0.2, 0.25) is 0 Å². The Bertz CT molecular complexity index is 846. The number of rotatable bonds is 4. The van der Waals surface area contributed by atoms with Gasteiger partial charge in [-0.3, -0.25) is 9.69 Å². The molecule has 4 rings (SSSR count). The maximum absolute atomic E-state index is 12.4. The number of hydrogen-bond acceptors (Lipinski definition) is 3. The highest BCUT2D eigenvalue weighted by atomic mass is 35.5. The van der Waals surface area contributed by atoms with Crippen molar-refractivity contribution < 1.29 is 4.79 Å². The fourth-order valence-corrected chi connectivity index (χ4v) is 3.59. The van der Waals surface area contributed by atoms with Crippen LogP contribution in [0.25, 0.3) is 11.0 Å². The van der Waals surface area contributed by atoms with E-state index >= 15 is 0 Å². The van der Waals surface area contributed by atoms with Crippen molar-refractivity contribution in [3.8, 4) is 0 Å². The number of fused-ring (bicyclic) bond motifs is 1. The predicted octanol–water partition coefficient (Wildman–Crippen LogP) is 4.28. The maximum Gasteiger partial charge on any atom is 0.176 e. The lowest BCUT2D eigenvalue weighted by molar-refractivity contribution is 0.0908. The highest BCUT2D eigenvalue weighted by molar-refractivity contribution is 6.30. The van der Waals surface area contributed by atoms with Gasteiger partial charge in [-0.2, -0.15) is 0 Å². The Hall–Kier alpha value is -2.17. The Balaban J connectivity index is 1.36. The van der Waals surface area contributed by atoms with Crippen LogP contribution in [-0.2, 0) is 0 Å². The second kappa shape index (κ2) is 6.98. The van der Waals surface area contributed by atoms with Crippen LogP contribution in [0, 0.1) is 0 Å². The monoisotopic (exact) mass is 353 g/mol. The standard InChI is InChI=1S/C20H20ClN3O/c21-16-7-5-14(6-8-16)19(25)13-24-11-9-15(10-12-24)20-22-17-3-1-2-4-18(17)23-20/h1-8,15H,9-13H2,(H,22,23). The van der Waals surface area contributed by atoms with Gasteiger partial charge in [0.15, 0.2) is 5.78 Å². The quantitative estimate of drug-likeness (QED) is 0.712. The van der Waals surface area contributed by atoms with Gasteiger partial charge in [-0.1, -0.05) is 23.7 Å². The SMILES string of the molecule is O=C(CN1CCC(c2nc3ccccc3[nH]2)CC1)c1ccc(Cl)cc1. The largest absolute Gasteiger partial charge is 0.342 e. The molecule has 25 heavy (non-hydrogen) atoms. The van der Waals surface area contributed by atoms with Crippen LogP contribution >= 0.6 is 11.6 Å². The van der Waals surface area contributed by atoms with Crippen LogP contribution in [0.3, 0.4) is 0 Å². The molecule has 1 aromatic heterocycles. The maximum atomic E-state index is 12.4. The number of benzene rings is 2. The average Bonchev–Trinajstić information content (AvgIpc) is 3.07. The number of ketones is 1. The molecule has 1 saturated heterocycles. The Kier molecular flexibility index (Phi) is 4.55. The number of carbonyl (C=O) groups is 1. The third-order valence-corrected chi connectivity index (χ3v) is 5.17. The topological polar surface area (TPSA) is 49.0 Å². The molecule has 2 aromatic carbocycles. The van der Waals surface area contributed by atoms with Gasteiger partial charge in [0.05, 0.1) is 17.6 Å². The molecule has 1 N–H and O–H groups in total. The zero-order valence-corrected chi connectivity index (χ0v) is 14.7. The van der Waals surface area contributed by atoms with Crippen LogP contribution in [0.5, 0.6) is 0 Å². The van der Waals surface area contributed by atoms with Crippen molar-refractivity contribution in [2.75, 3.05) is 19.6 Å². The zero-order valence-electron chi connectivity index (χ0n) is 13.9. The van der Waals surface area contributed by atoms with Crippen molar-refractivity contribution in [2.45, 2.75) is 18.8 Å². The van der Waals surface area contributed by atoms with Crippen molar-refractivity contribution >= 4 is 28.4 Å². The second-order valence-corrected chi connectivity index (χ2v) is 7.06. The molecule has 0 bridgehead atoms. The van der Waals surface area contributed by atoms with Gasteiger partial charge in [-0.05, 0) is 62.3 Å². The van der Waals surface area contributed by atoms with Crippen LogP contribution in [0.1, 0.15) is 34.9 Å². The summed E-state index contributed by atoms with van der Waals surface area (Å²) >= 11 is 5.88. The first-order valence-corrected chi connectivity index (χ1v) is 9.02. The molecule has 128 valence electrons. The summed E-state index contributed by atoms with van der Waals surface area (Å²) in [4.78, 5) is 22.8. The van der Waals surface area contributed by atoms with E-state index in [0.717, 1.165) is 48.4 Å². The Morgan fingerprint density at radius 3 is 2.56 bits per heavy atom. The summed E-state index contributed by atoms with van der Waals surface area (Å²) in [5, 5.41) is 0.656. The number of nitrogens with one attached hydrogen (secondary N) is 1. The molecule has 5 heteroatoms. The predicted molar refractivity (Wildman–Crippen MR) is 100 cm³/mol. The molecule has 1 aliphatic rings. The number of H-pyrrole nitrogens is 1. The number of Topliss-reactive ketones (excluding diaryl/α,β-unsaturated/α-hetero) is 1. The summed E-state index contributed by atoms with van der Waals surface area (Å²) in [5.74, 6) is 1.66. The van der Waals surface area contributed by atoms with E-state index in [1.54, 1.807) is 24.3 Å². The zero-order chi connectivity index (χ0) is 17.2. The highest BCUT2D eigenvalue weighted by Gasteiger charge is 2.24. The summed E-state index contributed by atoms with van der Waals surface area (Å²) < 4.78 is 0. The van der Waals surface area contributed by atoms with Crippen molar-refractivity contribution in [1.29, 1.82) is 0 Å². The van der Waals surface area contributed by atoms with Crippen molar-refractivity contribution in [3.05, 3.63) is 64.9 Å². The molecule has 0 saturated carbocycles. The van der Waals surface area contributed by atoms with Gasteiger partial charge in [-0.15, -0.1) is 0 Å². The molecule has 4 nitrogen and oxygen atoms in total. The van der Waals surface area contributed by atoms with E-state index in [9.17, 15) is 4.79 Å². The molecular formula is C20H20ClN3O. The number of likely N-dealkylation sites (tertiary alicyclic amines) is 1. The summed E-state index contributed by atoms with van der Waals surface area (Å²) in [6, 6.07) is 15.3. The Morgan fingerprint density at radius 2 is 1.84 bits per heavy atom. The number of nitrogens with zero attached hydrogens (tertiary/aromatic N) is 2. The van der Waals surface area contributed by atoms with Crippen molar-refractivity contribution in [1.82, 2.24) is 14.9 Å². The molecule has 2 heterocycles. The molecule has 3 aromatic rings. The van der Waals surface area contributed by atoms with E-state index in [4.69, 9.17) is 16.6 Å². The molecule has 1 fully saturated rings. The number of piperidine rings is 1. The minimum Gasteiger partial charge on any atom is -0.342 e. The molecule has 0 aliphatic carbocycles. The number of imidazole rings is 1. The number of para-hydroxylation sites is 2. The minimum atomic E-state index is 0.152. The number of halogens is 1. The summed E-state index contributed by atoms with van der Waals surface area (Å²) in [6.07, 6.45) is 2.04. The van der Waals surface area contributed by atoms with Gasteiger partial charge < -0.3 is 4.98 Å². The third-order valence-electron chi connectivity index (χ3n) is 4.92. The van der Waals surface area contributed by atoms with E-state index in [-0.39, 0.29) is 5.78 Å². The van der Waals surface area contributed by atoms with Crippen molar-refractivity contribution in [2.24, 2.45) is 0 Å². The summed E-state index contributed by atoms with van der Waals surface area (Å²) in [7, 11) is 0. The molecular weight excluding hydrogens is 334 g/mol. The lowest BCUT2D eigenvalue weighted by atomic mass is 9.96. The van der Waals surface area contributed by atoms with Crippen LogP contribution < -0.4 is 0 Å². The van der Waals surface area contributed by atoms with E-state index in [1.165, 1.54) is 0 Å². The first-order chi connectivity index (χ1) is 12.2. The fraction of sp³-hybridized carbons (Fsp3) is 0.300. The molecule has 0 atom stereocenters. The summed E-state index contributed by atoms with van der Waals surface area (Å²) in [6.45, 7) is 2.30. The average molecular weight is 354 g/mol. The smallest absolute Gasteiger partial charge is 0.176 e. The van der Waals surface area contributed by atoms with E-state index in [0.29, 0.717) is 17.5 Å². The second-order valence-electron chi connectivity index (χ2n) is 6.62. The highest BCUT2D eigenvalue weighted by Crippen LogP contribution is 2.27. The number of aromatic nitrogens is 2. The summed E-state index contributed by atoms with van der Waals surface area (Å²) in [5.41, 5.74) is 2.85. The van der Waals surface area contributed by atoms with E-state index < -0.39 is 0 Å². The van der Waals surface area contributed by atoms with Crippen LogP contribution in [-0.4, -0.2) is 40.3 Å². The molecule has 0 amide bonds. The number of hydrogen-bond donors (Lipinski definition) is 1. The van der Waals surface area contributed by atoms with E-state index in [1.807, 2.05) is 18.2 Å².